The van der Waals surface area contributed by atoms with E-state index in [1.807, 2.05) is 128 Å². The Morgan fingerprint density at radius 2 is 0.893 bits per heavy atom. The van der Waals surface area contributed by atoms with Crippen LogP contribution < -0.4 is 30.0 Å². The van der Waals surface area contributed by atoms with Crippen molar-refractivity contribution >= 4 is 111 Å². The zero-order chi connectivity index (χ0) is 79.5. The molecule has 0 radical (unpaired) electrons. The van der Waals surface area contributed by atoms with Crippen LogP contribution in [-0.2, 0) is 35.7 Å². The number of fused-ring (bicyclic) bond motifs is 3. The summed E-state index contributed by atoms with van der Waals surface area (Å²) in [6, 6.07) is 49.9. The first kappa shape index (κ1) is 82.4. The van der Waals surface area contributed by atoms with Crippen molar-refractivity contribution in [3.63, 3.8) is 0 Å². The van der Waals surface area contributed by atoms with Crippen LogP contribution in [0.5, 0.6) is 28.7 Å². The third-order valence-electron chi connectivity index (χ3n) is 16.3. The fourth-order valence-corrected chi connectivity index (χ4v) is 12.4. The number of aldehydes is 1. The van der Waals surface area contributed by atoms with Gasteiger partial charge in [0.05, 0.1) is 107 Å². The number of hydrogen-bond acceptors (Lipinski definition) is 26. The number of nitrogens with two attached hydrogens (primary N) is 1. The summed E-state index contributed by atoms with van der Waals surface area (Å²) in [6.45, 7) is 9.91. The molecule has 0 saturated carbocycles. The molecule has 14 aromatic rings. The first-order chi connectivity index (χ1) is 54.4. The minimum absolute atomic E-state index is 0.0380. The van der Waals surface area contributed by atoms with E-state index >= 15 is 0 Å². The average Bonchev–Trinajstić information content (AvgIpc) is 1.67. The number of furan rings is 3. The number of carbonyl (C=O) groups is 4. The summed E-state index contributed by atoms with van der Waals surface area (Å²) in [7, 11) is 6.32. The maximum Gasteiger partial charge on any atom is 0.375 e. The number of phenols is 1. The molecule has 112 heavy (non-hydrogen) atoms. The van der Waals surface area contributed by atoms with E-state index in [0.29, 0.717) is 94.0 Å². The van der Waals surface area contributed by atoms with Crippen LogP contribution in [0.25, 0.3) is 67.5 Å². The Kier molecular flexibility index (Phi) is 30.3. The minimum atomic E-state index is -0.958. The van der Waals surface area contributed by atoms with Crippen molar-refractivity contribution < 1.29 is 79.9 Å². The van der Waals surface area contributed by atoms with Gasteiger partial charge in [0.15, 0.2) is 17.8 Å². The number of benzene rings is 5. The van der Waals surface area contributed by atoms with Gasteiger partial charge in [0.2, 0.25) is 11.5 Å². The summed E-state index contributed by atoms with van der Waals surface area (Å²) >= 11 is 9.97. The Morgan fingerprint density at radius 1 is 0.491 bits per heavy atom. The number of nitrogens with zero attached hydrogens (tertiary/aromatic N) is 8. The number of carbonyl (C=O) groups excluding carboxylic acids is 3. The van der Waals surface area contributed by atoms with Gasteiger partial charge in [-0.1, -0.05) is 36.4 Å². The van der Waals surface area contributed by atoms with Gasteiger partial charge < -0.3 is 71.8 Å². The Hall–Kier alpha value is -12.1. The van der Waals surface area contributed by atoms with Crippen LogP contribution in [0, 0.1) is 0 Å². The zero-order valence-corrected chi connectivity index (χ0v) is 66.3. The lowest BCUT2D eigenvalue weighted by atomic mass is 10.1. The van der Waals surface area contributed by atoms with Crippen molar-refractivity contribution in [2.24, 2.45) is 5.73 Å². The first-order valence-electron chi connectivity index (χ1n) is 34.7. The molecule has 0 bridgehead atoms. The zero-order valence-electron chi connectivity index (χ0n) is 61.5. The fraction of sp³-hybridized carbons (Fsp3) is 0.195. The average molecular weight is 1710 g/mol. The van der Waals surface area contributed by atoms with Crippen molar-refractivity contribution in [1.82, 2.24) is 39.7 Å². The SMILES string of the molecule is CCOC(=O)c1cnc(-c2cc3cc(OC)c(Br)cc3o2)o1.CCOC(=O)c1cnc(-c2cc3cc(OC)c(Br)cc3o2)o1.COc1cc(C=O)c(O)cc1Br.COc1cc2cc(-c3ccc(C(=O)O)cc3)oc2cc1NCCN(Cc1ccccn1)Cc1ccccn1.NCCN(Cc1ccccn1)Cc1ccccn1. The predicted molar refractivity (Wildman–Crippen MR) is 429 cm³/mol. The summed E-state index contributed by atoms with van der Waals surface area (Å²) in [5, 5.41) is 24.4. The van der Waals surface area contributed by atoms with Gasteiger partial charge in [-0.25, -0.2) is 24.4 Å². The number of carboxylic acid groups (broad SMARTS) is 1. The van der Waals surface area contributed by atoms with Crippen LogP contribution >= 0.6 is 47.8 Å². The molecule has 0 spiro atoms. The molecule has 0 aliphatic carbocycles. The van der Waals surface area contributed by atoms with Gasteiger partial charge in [-0.2, -0.15) is 0 Å². The predicted octanol–water partition coefficient (Wildman–Crippen LogP) is 17.2. The molecule has 9 heterocycles. The number of halogens is 3. The largest absolute Gasteiger partial charge is 0.507 e. The lowest BCUT2D eigenvalue weighted by molar-refractivity contribution is 0.0482. The highest BCUT2D eigenvalue weighted by atomic mass is 79.9. The molecule has 30 heteroatoms. The number of aromatic nitrogens is 6. The van der Waals surface area contributed by atoms with Gasteiger partial charge in [-0.15, -0.1) is 0 Å². The number of pyridine rings is 4. The van der Waals surface area contributed by atoms with Gasteiger partial charge in [0.1, 0.15) is 51.3 Å². The molecule has 0 saturated heterocycles. The van der Waals surface area contributed by atoms with Crippen LogP contribution in [0.3, 0.4) is 0 Å². The number of esters is 2. The Balaban J connectivity index is 0.000000157. The van der Waals surface area contributed by atoms with Crippen LogP contribution in [0.2, 0.25) is 0 Å². The van der Waals surface area contributed by atoms with E-state index in [1.54, 1.807) is 83.7 Å². The number of carboxylic acids is 1. The van der Waals surface area contributed by atoms with Crippen molar-refractivity contribution in [2.75, 3.05) is 73.1 Å². The number of rotatable bonds is 27. The summed E-state index contributed by atoms with van der Waals surface area (Å²) in [6.07, 6.45) is 10.5. The molecule has 14 rings (SSSR count). The van der Waals surface area contributed by atoms with E-state index in [0.717, 1.165) is 85.3 Å². The summed E-state index contributed by atoms with van der Waals surface area (Å²) in [5.74, 6) is 2.52. The molecule has 0 aliphatic rings. The highest BCUT2D eigenvalue weighted by molar-refractivity contribution is 9.11. The van der Waals surface area contributed by atoms with Crippen LogP contribution in [0.4, 0.5) is 5.69 Å². The molecule has 27 nitrogen and oxygen atoms in total. The Labute approximate surface area is 668 Å². The van der Waals surface area contributed by atoms with Crippen LogP contribution in [0.1, 0.15) is 78.4 Å². The molecule has 0 amide bonds. The van der Waals surface area contributed by atoms with Crippen molar-refractivity contribution in [3.05, 3.63) is 260 Å². The minimum Gasteiger partial charge on any atom is -0.507 e. The number of aromatic hydroxyl groups is 1. The lowest BCUT2D eigenvalue weighted by Gasteiger charge is -2.22. The van der Waals surface area contributed by atoms with E-state index in [2.05, 4.69) is 92.8 Å². The second-order valence-corrected chi connectivity index (χ2v) is 26.5. The highest BCUT2D eigenvalue weighted by Crippen LogP contribution is 2.39. The lowest BCUT2D eigenvalue weighted by Crippen LogP contribution is -2.29. The van der Waals surface area contributed by atoms with Gasteiger partial charge in [-0.3, -0.25) is 34.5 Å². The second-order valence-electron chi connectivity index (χ2n) is 23.9. The summed E-state index contributed by atoms with van der Waals surface area (Å²) in [4.78, 5) is 75.0. The maximum absolute atomic E-state index is 11.6. The van der Waals surface area contributed by atoms with Crippen molar-refractivity contribution in [3.8, 4) is 63.4 Å². The smallest absolute Gasteiger partial charge is 0.375 e. The molecule has 0 fully saturated rings. The quantitative estimate of drug-likeness (QED) is 0.0274. The summed E-state index contributed by atoms with van der Waals surface area (Å²) in [5.41, 5.74) is 13.9. The molecule has 5 N–H and O–H groups in total. The number of anilines is 1. The Morgan fingerprint density at radius 3 is 1.29 bits per heavy atom. The molecule has 0 aliphatic heterocycles. The summed E-state index contributed by atoms with van der Waals surface area (Å²) < 4.78 is 61.2. The molecular weight excluding hydrogens is 1640 g/mol. The number of hydrogen-bond donors (Lipinski definition) is 4. The van der Waals surface area contributed by atoms with Gasteiger partial charge in [0.25, 0.3) is 11.8 Å². The Bertz CT molecular complexity index is 5170. The topological polar surface area (TPSA) is 352 Å². The van der Waals surface area contributed by atoms with E-state index in [4.69, 9.17) is 61.3 Å². The second kappa shape index (κ2) is 41.1. The number of oxazole rings is 2. The maximum atomic E-state index is 11.6. The standard InChI is InChI=1S/C30H28N4O4.2C15H12BrNO5.C14H18N4.C8H7BrO3/c1-37-29-17-23-16-27(21-8-10-22(11-9-21)30(35)36)38-28(23)18-26(29)33-14-15-34(19-24-6-2-4-12-31-24)20-25-7-3-5-13-32-25;2*1-3-20-15(18)13-7-17-14(22-13)12-5-8-4-11(19-2)9(16)6-10(8)21-12;15-7-10-18(11-13-5-1-3-8-16-13)12-14-6-2-4-9-17-14;1-12-8-2-5(4-10)7(11)3-6(8)9/h2-13,16-18,33H,14-15,19-20H2,1H3,(H,35,36);2*4-7H,3H2,1-2H3;1-6,8-9H,7,10-12,15H2;2-4,11H,1H3. The third kappa shape index (κ3) is 22.8. The number of ether oxygens (including phenoxy) is 6. The van der Waals surface area contributed by atoms with Crippen molar-refractivity contribution in [2.45, 2.75) is 40.0 Å². The number of nitrogens with one attached hydrogen (secondary N) is 1. The van der Waals surface area contributed by atoms with Crippen molar-refractivity contribution in [1.29, 1.82) is 0 Å². The first-order valence-corrected chi connectivity index (χ1v) is 37.0. The monoisotopic (exact) mass is 1710 g/mol. The van der Waals surface area contributed by atoms with Crippen LogP contribution in [0.15, 0.2) is 236 Å². The molecule has 5 aromatic carbocycles. The van der Waals surface area contributed by atoms with Gasteiger partial charge in [0, 0.05) is 105 Å². The fourth-order valence-electron chi connectivity index (χ4n) is 10.9. The molecule has 0 atom stereocenters. The van der Waals surface area contributed by atoms with Gasteiger partial charge in [-0.05, 0) is 183 Å². The number of aromatic carboxylic acids is 1. The molecular formula is C82H77Br3N10O17. The highest BCUT2D eigenvalue weighted by Gasteiger charge is 2.22. The normalized spacial score (nSPS) is 10.8. The molecule has 578 valence electrons. The van der Waals surface area contributed by atoms with E-state index in [1.165, 1.54) is 31.6 Å². The number of methoxy groups -OCH3 is 4. The number of phenolic OH excluding ortho intramolecular Hbond substituents is 1. The molecule has 9 aromatic heterocycles. The van der Waals surface area contributed by atoms with E-state index in [-0.39, 0.29) is 53.4 Å². The third-order valence-corrected chi connectivity index (χ3v) is 18.1. The van der Waals surface area contributed by atoms with Crippen LogP contribution in [-0.4, -0.2) is 142 Å². The van der Waals surface area contributed by atoms with Gasteiger partial charge >= 0.3 is 17.9 Å². The van der Waals surface area contributed by atoms with E-state index in [9.17, 15) is 24.3 Å². The molecule has 0 unspecified atom stereocenters. The van der Waals surface area contributed by atoms with E-state index < -0.39 is 17.9 Å².